The number of carbonyl (C=O) groups is 2. The van der Waals surface area contributed by atoms with Crippen LogP contribution in [0.15, 0.2) is 48.5 Å². The van der Waals surface area contributed by atoms with Crippen LogP contribution in [0.1, 0.15) is 51.4 Å². The van der Waals surface area contributed by atoms with E-state index in [1.54, 1.807) is 0 Å². The van der Waals surface area contributed by atoms with Gasteiger partial charge in [-0.15, -0.1) is 0 Å². The molecule has 0 spiro atoms. The summed E-state index contributed by atoms with van der Waals surface area (Å²) in [4.78, 5) is 35.2. The Labute approximate surface area is 202 Å². The molecule has 1 aliphatic rings. The largest absolute Gasteiger partial charge is 0.341 e. The van der Waals surface area contributed by atoms with Crippen LogP contribution in [-0.2, 0) is 16.1 Å². The first-order valence-corrected chi connectivity index (χ1v) is 12.3. The maximum atomic E-state index is 13.5. The van der Waals surface area contributed by atoms with E-state index in [0.29, 0.717) is 24.8 Å². The predicted octanol–water partition coefficient (Wildman–Crippen LogP) is 5.01. The lowest BCUT2D eigenvalue weighted by molar-refractivity contribution is -0.132. The highest BCUT2D eigenvalue weighted by Gasteiger charge is 2.35. The molecule has 2 amide bonds. The van der Waals surface area contributed by atoms with Gasteiger partial charge in [-0.3, -0.25) is 9.59 Å². The quantitative estimate of drug-likeness (QED) is 0.475. The van der Waals surface area contributed by atoms with E-state index in [-0.39, 0.29) is 24.3 Å². The molecule has 0 saturated carbocycles. The molecule has 1 saturated heterocycles. The fraction of sp³-hybridized carbons (Fsp3) is 0.464. The van der Waals surface area contributed by atoms with Crippen molar-refractivity contribution in [1.29, 1.82) is 0 Å². The zero-order chi connectivity index (χ0) is 24.4. The number of aryl methyl sites for hydroxylation is 1. The summed E-state index contributed by atoms with van der Waals surface area (Å²) in [6.45, 7) is 12.9. The van der Waals surface area contributed by atoms with Gasteiger partial charge in [-0.1, -0.05) is 57.5 Å². The summed E-state index contributed by atoms with van der Waals surface area (Å²) in [7, 11) is 0. The number of nitrogens with zero attached hydrogens (tertiary/aromatic N) is 4. The van der Waals surface area contributed by atoms with Gasteiger partial charge >= 0.3 is 0 Å². The minimum atomic E-state index is -0.0577. The molecule has 1 aliphatic heterocycles. The third-order valence-corrected chi connectivity index (χ3v) is 6.34. The minimum absolute atomic E-state index is 0.0577. The summed E-state index contributed by atoms with van der Waals surface area (Å²) in [5.41, 5.74) is 3.89. The van der Waals surface area contributed by atoms with Crippen molar-refractivity contribution >= 4 is 28.5 Å². The molecule has 0 radical (unpaired) electrons. The van der Waals surface area contributed by atoms with E-state index in [2.05, 4.69) is 27.7 Å². The monoisotopic (exact) mass is 460 g/mol. The molecule has 4 rings (SSSR count). The summed E-state index contributed by atoms with van der Waals surface area (Å²) >= 11 is 0. The molecule has 180 valence electrons. The number of anilines is 1. The van der Waals surface area contributed by atoms with E-state index < -0.39 is 0 Å². The lowest BCUT2D eigenvalue weighted by atomic mass is 10.1. The second kappa shape index (κ2) is 10.00. The third kappa shape index (κ3) is 5.16. The zero-order valence-corrected chi connectivity index (χ0v) is 21.0. The molecule has 1 aromatic heterocycles. The Morgan fingerprint density at radius 2 is 1.68 bits per heavy atom. The normalized spacial score (nSPS) is 16.3. The fourth-order valence-corrected chi connectivity index (χ4v) is 4.82. The van der Waals surface area contributed by atoms with Crippen molar-refractivity contribution in [2.45, 2.75) is 53.5 Å². The van der Waals surface area contributed by atoms with Crippen LogP contribution in [0.4, 0.5) is 5.69 Å². The van der Waals surface area contributed by atoms with Gasteiger partial charge in [-0.05, 0) is 43.0 Å². The first kappa shape index (κ1) is 24.0. The van der Waals surface area contributed by atoms with Gasteiger partial charge in [0.1, 0.15) is 12.4 Å². The molecule has 0 N–H and O–H groups in total. The number of amides is 2. The molecular weight excluding hydrogens is 424 g/mol. The molecule has 2 aromatic carbocycles. The number of para-hydroxylation sites is 2. The first-order valence-electron chi connectivity index (χ1n) is 12.3. The van der Waals surface area contributed by atoms with E-state index in [1.165, 1.54) is 5.56 Å². The maximum absolute atomic E-state index is 13.5. The summed E-state index contributed by atoms with van der Waals surface area (Å²) in [5.74, 6) is 1.77. The Bertz CT molecular complexity index is 1150. The van der Waals surface area contributed by atoms with Gasteiger partial charge in [-0.2, -0.15) is 0 Å². The summed E-state index contributed by atoms with van der Waals surface area (Å²) in [6, 6.07) is 16.0. The van der Waals surface area contributed by atoms with Crippen molar-refractivity contribution < 1.29 is 9.59 Å². The third-order valence-electron chi connectivity index (χ3n) is 6.34. The van der Waals surface area contributed by atoms with Gasteiger partial charge in [0.25, 0.3) is 0 Å². The molecular formula is C28H36N4O2. The average molecular weight is 461 g/mol. The molecule has 34 heavy (non-hydrogen) atoms. The topological polar surface area (TPSA) is 58.4 Å². The number of imidazole rings is 1. The lowest BCUT2D eigenvalue weighted by Gasteiger charge is -2.27. The number of carbonyl (C=O) groups excluding carboxylic acids is 2. The van der Waals surface area contributed by atoms with Crippen LogP contribution in [0, 0.1) is 18.8 Å². The molecule has 6 nitrogen and oxygen atoms in total. The molecule has 0 aliphatic carbocycles. The summed E-state index contributed by atoms with van der Waals surface area (Å²) in [6.07, 6.45) is 0.396. The number of hydrogen-bond acceptors (Lipinski definition) is 3. The number of fused-ring (bicyclic) bond motifs is 1. The second-order valence-electron chi connectivity index (χ2n) is 10.4. The van der Waals surface area contributed by atoms with E-state index >= 15 is 0 Å². The zero-order valence-electron chi connectivity index (χ0n) is 21.0. The van der Waals surface area contributed by atoms with E-state index in [1.807, 2.05) is 69.8 Å². The molecule has 3 aromatic rings. The van der Waals surface area contributed by atoms with Crippen molar-refractivity contribution in [2.75, 3.05) is 24.5 Å². The molecule has 2 heterocycles. The van der Waals surface area contributed by atoms with E-state index in [4.69, 9.17) is 4.98 Å². The van der Waals surface area contributed by atoms with Crippen LogP contribution in [0.5, 0.6) is 0 Å². The number of benzene rings is 2. The van der Waals surface area contributed by atoms with Crippen LogP contribution in [0.2, 0.25) is 0 Å². The Hall–Kier alpha value is -3.15. The van der Waals surface area contributed by atoms with Crippen molar-refractivity contribution in [3.8, 4) is 0 Å². The van der Waals surface area contributed by atoms with Gasteiger partial charge in [0.2, 0.25) is 11.8 Å². The fourth-order valence-electron chi connectivity index (χ4n) is 4.82. The molecule has 6 heteroatoms. The Morgan fingerprint density at radius 1 is 1.03 bits per heavy atom. The standard InChI is InChI=1S/C28H36N4O2/c1-19(2)15-30(16-20(3)4)27(34)18-32-25-9-7-6-8-24(25)29-28(32)22-14-26(33)31(17-22)23-12-10-21(5)11-13-23/h6-13,19-20,22H,14-18H2,1-5H3/t22-/m0/s1. The predicted molar refractivity (Wildman–Crippen MR) is 137 cm³/mol. The van der Waals surface area contributed by atoms with Crippen LogP contribution in [-0.4, -0.2) is 45.9 Å². The Balaban J connectivity index is 1.65. The lowest BCUT2D eigenvalue weighted by Crippen LogP contribution is -2.39. The van der Waals surface area contributed by atoms with Crippen molar-refractivity contribution in [3.63, 3.8) is 0 Å². The van der Waals surface area contributed by atoms with Crippen LogP contribution in [0.25, 0.3) is 11.0 Å². The maximum Gasteiger partial charge on any atom is 0.242 e. The molecule has 1 fully saturated rings. The first-order chi connectivity index (χ1) is 16.2. The number of hydrogen-bond donors (Lipinski definition) is 0. The highest BCUT2D eigenvalue weighted by Crippen LogP contribution is 2.33. The molecule has 0 bridgehead atoms. The Kier molecular flexibility index (Phi) is 7.05. The van der Waals surface area contributed by atoms with Crippen molar-refractivity contribution in [1.82, 2.24) is 14.5 Å². The highest BCUT2D eigenvalue weighted by atomic mass is 16.2. The highest BCUT2D eigenvalue weighted by molar-refractivity contribution is 5.96. The van der Waals surface area contributed by atoms with Gasteiger partial charge < -0.3 is 14.4 Å². The Morgan fingerprint density at radius 3 is 2.32 bits per heavy atom. The number of rotatable bonds is 8. The van der Waals surface area contributed by atoms with Crippen LogP contribution < -0.4 is 4.90 Å². The van der Waals surface area contributed by atoms with E-state index in [0.717, 1.165) is 35.6 Å². The minimum Gasteiger partial charge on any atom is -0.341 e. The summed E-state index contributed by atoms with van der Waals surface area (Å²) < 4.78 is 2.04. The molecule has 0 unspecified atom stereocenters. The van der Waals surface area contributed by atoms with E-state index in [9.17, 15) is 9.59 Å². The van der Waals surface area contributed by atoms with Crippen molar-refractivity contribution in [3.05, 3.63) is 59.9 Å². The van der Waals surface area contributed by atoms with Gasteiger partial charge in [-0.25, -0.2) is 4.98 Å². The van der Waals surface area contributed by atoms with Gasteiger partial charge in [0.15, 0.2) is 0 Å². The van der Waals surface area contributed by atoms with Gasteiger partial charge in [0.05, 0.1) is 11.0 Å². The average Bonchev–Trinajstić information content (AvgIpc) is 3.34. The molecule has 1 atom stereocenters. The SMILES string of the molecule is Cc1ccc(N2C[C@@H](c3nc4ccccc4n3CC(=O)N(CC(C)C)CC(C)C)CC2=O)cc1. The number of aromatic nitrogens is 2. The second-order valence-corrected chi connectivity index (χ2v) is 10.4. The van der Waals surface area contributed by atoms with Gasteiger partial charge in [0, 0.05) is 37.7 Å². The van der Waals surface area contributed by atoms with Crippen LogP contribution in [0.3, 0.4) is 0 Å². The smallest absolute Gasteiger partial charge is 0.242 e. The van der Waals surface area contributed by atoms with Crippen molar-refractivity contribution in [2.24, 2.45) is 11.8 Å². The summed E-state index contributed by atoms with van der Waals surface area (Å²) in [5, 5.41) is 0. The van der Waals surface area contributed by atoms with Crippen LogP contribution >= 0.6 is 0 Å².